The average Bonchev–Trinajstić information content (AvgIpc) is 1.80. The summed E-state index contributed by atoms with van der Waals surface area (Å²) >= 11 is 0. The Kier molecular flexibility index (Phi) is 3.72. The summed E-state index contributed by atoms with van der Waals surface area (Å²) in [6, 6.07) is 0. The molecule has 0 radical (unpaired) electrons. The third kappa shape index (κ3) is 6.04. The van der Waals surface area contributed by atoms with Gasteiger partial charge in [0.15, 0.2) is 0 Å². The first-order valence-corrected chi connectivity index (χ1v) is 3.61. The van der Waals surface area contributed by atoms with Gasteiger partial charge in [-0.3, -0.25) is 0 Å². The van der Waals surface area contributed by atoms with E-state index < -0.39 is 17.8 Å². The van der Waals surface area contributed by atoms with E-state index in [0.717, 1.165) is 0 Å². The summed E-state index contributed by atoms with van der Waals surface area (Å²) in [5, 5.41) is 27.0. The SMILES string of the molecule is C[C@@H](O)[C@H](O)/C=C/C(C)(C)O. The summed E-state index contributed by atoms with van der Waals surface area (Å²) in [4.78, 5) is 0. The summed E-state index contributed by atoms with van der Waals surface area (Å²) < 4.78 is 0. The fourth-order valence-corrected chi connectivity index (χ4v) is 0.495. The highest BCUT2D eigenvalue weighted by atomic mass is 16.3. The predicted octanol–water partition coefficient (Wildman–Crippen LogP) is 0.0552. The first kappa shape index (κ1) is 10.6. The van der Waals surface area contributed by atoms with Crippen LogP contribution in [0.2, 0.25) is 0 Å². The van der Waals surface area contributed by atoms with E-state index in [2.05, 4.69) is 0 Å². The Labute approximate surface area is 67.0 Å². The van der Waals surface area contributed by atoms with Gasteiger partial charge in [-0.25, -0.2) is 0 Å². The van der Waals surface area contributed by atoms with E-state index in [-0.39, 0.29) is 0 Å². The van der Waals surface area contributed by atoms with Gasteiger partial charge in [0.1, 0.15) is 0 Å². The molecule has 0 saturated carbocycles. The summed E-state index contributed by atoms with van der Waals surface area (Å²) in [6.07, 6.45) is 1.13. The lowest BCUT2D eigenvalue weighted by molar-refractivity contribution is 0.0596. The van der Waals surface area contributed by atoms with E-state index in [1.54, 1.807) is 13.8 Å². The van der Waals surface area contributed by atoms with Crippen LogP contribution < -0.4 is 0 Å². The maximum absolute atomic E-state index is 9.17. The minimum absolute atomic E-state index is 0.798. The maximum Gasteiger partial charge on any atom is 0.0978 e. The van der Waals surface area contributed by atoms with Crippen molar-refractivity contribution in [2.45, 2.75) is 38.6 Å². The Bertz CT molecular complexity index is 133. The smallest absolute Gasteiger partial charge is 0.0978 e. The van der Waals surface area contributed by atoms with Gasteiger partial charge < -0.3 is 15.3 Å². The van der Waals surface area contributed by atoms with Gasteiger partial charge in [-0.2, -0.15) is 0 Å². The molecular formula is C8H16O3. The van der Waals surface area contributed by atoms with Crippen LogP contribution in [0.25, 0.3) is 0 Å². The first-order chi connectivity index (χ1) is 4.83. The van der Waals surface area contributed by atoms with Crippen LogP contribution in [0, 0.1) is 0 Å². The van der Waals surface area contributed by atoms with Gasteiger partial charge in [0.05, 0.1) is 17.8 Å². The summed E-state index contributed by atoms with van der Waals surface area (Å²) in [6.45, 7) is 4.68. The zero-order chi connectivity index (χ0) is 9.07. The minimum atomic E-state index is -0.935. The molecule has 0 unspecified atom stereocenters. The predicted molar refractivity (Wildman–Crippen MR) is 43.1 cm³/mol. The second-order valence-electron chi connectivity index (χ2n) is 3.24. The van der Waals surface area contributed by atoms with E-state index >= 15 is 0 Å². The molecule has 0 aromatic heterocycles. The standard InChI is InChI=1S/C8H16O3/c1-6(9)7(10)4-5-8(2,3)11/h4-7,9-11H,1-3H3/b5-4+/t6-,7-/m1/s1. The van der Waals surface area contributed by atoms with Gasteiger partial charge in [0.25, 0.3) is 0 Å². The Morgan fingerprint density at radius 1 is 1.27 bits per heavy atom. The van der Waals surface area contributed by atoms with E-state index in [1.807, 2.05) is 0 Å². The quantitative estimate of drug-likeness (QED) is 0.511. The van der Waals surface area contributed by atoms with Gasteiger partial charge >= 0.3 is 0 Å². The van der Waals surface area contributed by atoms with Crippen molar-refractivity contribution in [3.05, 3.63) is 12.2 Å². The number of aliphatic hydroxyl groups excluding tert-OH is 2. The van der Waals surface area contributed by atoms with Gasteiger partial charge in [-0.05, 0) is 20.8 Å². The van der Waals surface area contributed by atoms with Crippen molar-refractivity contribution in [2.75, 3.05) is 0 Å². The van der Waals surface area contributed by atoms with Crippen LogP contribution in [0.4, 0.5) is 0 Å². The first-order valence-electron chi connectivity index (χ1n) is 3.61. The molecule has 0 saturated heterocycles. The molecule has 0 aromatic rings. The van der Waals surface area contributed by atoms with Crippen molar-refractivity contribution in [1.82, 2.24) is 0 Å². The van der Waals surface area contributed by atoms with Crippen molar-refractivity contribution in [1.29, 1.82) is 0 Å². The molecular weight excluding hydrogens is 144 g/mol. The molecule has 0 aliphatic rings. The Morgan fingerprint density at radius 2 is 1.73 bits per heavy atom. The Hall–Kier alpha value is -0.380. The van der Waals surface area contributed by atoms with E-state index in [0.29, 0.717) is 0 Å². The largest absolute Gasteiger partial charge is 0.390 e. The molecule has 66 valence electrons. The van der Waals surface area contributed by atoms with Gasteiger partial charge in [0.2, 0.25) is 0 Å². The van der Waals surface area contributed by atoms with Crippen LogP contribution in [0.1, 0.15) is 20.8 Å². The van der Waals surface area contributed by atoms with Crippen LogP contribution in [-0.4, -0.2) is 33.1 Å². The molecule has 0 aliphatic carbocycles. The molecule has 0 aromatic carbocycles. The molecule has 0 rings (SSSR count). The number of hydrogen-bond acceptors (Lipinski definition) is 3. The summed E-state index contributed by atoms with van der Waals surface area (Å²) in [7, 11) is 0. The highest BCUT2D eigenvalue weighted by molar-refractivity contribution is 4.99. The van der Waals surface area contributed by atoms with Crippen molar-refractivity contribution in [3.8, 4) is 0 Å². The number of rotatable bonds is 3. The third-order valence-corrected chi connectivity index (χ3v) is 1.20. The molecule has 3 heteroatoms. The topological polar surface area (TPSA) is 60.7 Å². The second-order valence-corrected chi connectivity index (χ2v) is 3.24. The summed E-state index contributed by atoms with van der Waals surface area (Å²) in [5.74, 6) is 0. The lowest BCUT2D eigenvalue weighted by Crippen LogP contribution is -2.22. The normalized spacial score (nSPS) is 18.7. The monoisotopic (exact) mass is 160 g/mol. The van der Waals surface area contributed by atoms with E-state index in [9.17, 15) is 0 Å². The van der Waals surface area contributed by atoms with E-state index in [1.165, 1.54) is 19.1 Å². The van der Waals surface area contributed by atoms with Crippen LogP contribution >= 0.6 is 0 Å². The molecule has 0 bridgehead atoms. The lowest BCUT2D eigenvalue weighted by atomic mass is 10.1. The molecule has 0 fully saturated rings. The molecule has 0 heterocycles. The van der Waals surface area contributed by atoms with Crippen LogP contribution in [0.3, 0.4) is 0 Å². The molecule has 2 atom stereocenters. The van der Waals surface area contributed by atoms with Crippen LogP contribution in [0.5, 0.6) is 0 Å². The molecule has 3 nitrogen and oxygen atoms in total. The molecule has 11 heavy (non-hydrogen) atoms. The third-order valence-electron chi connectivity index (χ3n) is 1.20. The second kappa shape index (κ2) is 3.85. The fraction of sp³-hybridized carbons (Fsp3) is 0.750. The fourth-order valence-electron chi connectivity index (χ4n) is 0.495. The number of hydrogen-bond donors (Lipinski definition) is 3. The van der Waals surface area contributed by atoms with E-state index in [4.69, 9.17) is 15.3 Å². The average molecular weight is 160 g/mol. The zero-order valence-electron chi connectivity index (χ0n) is 7.15. The van der Waals surface area contributed by atoms with Crippen LogP contribution in [-0.2, 0) is 0 Å². The molecule has 0 amide bonds. The highest BCUT2D eigenvalue weighted by Crippen LogP contribution is 2.04. The van der Waals surface area contributed by atoms with Crippen LogP contribution in [0.15, 0.2) is 12.2 Å². The minimum Gasteiger partial charge on any atom is -0.390 e. The van der Waals surface area contributed by atoms with Gasteiger partial charge in [0, 0.05) is 0 Å². The van der Waals surface area contributed by atoms with Crippen molar-refractivity contribution < 1.29 is 15.3 Å². The van der Waals surface area contributed by atoms with Crippen molar-refractivity contribution >= 4 is 0 Å². The molecule has 0 spiro atoms. The lowest BCUT2D eigenvalue weighted by Gasteiger charge is -2.13. The molecule has 3 N–H and O–H groups in total. The highest BCUT2D eigenvalue weighted by Gasteiger charge is 2.10. The zero-order valence-corrected chi connectivity index (χ0v) is 7.15. The Balaban J connectivity index is 3.93. The van der Waals surface area contributed by atoms with Crippen molar-refractivity contribution in [3.63, 3.8) is 0 Å². The number of aliphatic hydroxyl groups is 3. The van der Waals surface area contributed by atoms with Gasteiger partial charge in [-0.1, -0.05) is 12.2 Å². The van der Waals surface area contributed by atoms with Crippen molar-refractivity contribution in [2.24, 2.45) is 0 Å². The maximum atomic E-state index is 9.17. The Morgan fingerprint density at radius 3 is 2.00 bits per heavy atom. The summed E-state index contributed by atoms with van der Waals surface area (Å²) in [5.41, 5.74) is -0.935. The molecule has 0 aliphatic heterocycles. The van der Waals surface area contributed by atoms with Gasteiger partial charge in [-0.15, -0.1) is 0 Å².